The number of carbonyl (C=O) groups excluding carboxylic acids is 1. The highest BCUT2D eigenvalue weighted by Crippen LogP contribution is 2.34. The highest BCUT2D eigenvalue weighted by atomic mass is 79.9. The van der Waals surface area contributed by atoms with Gasteiger partial charge in [-0.05, 0) is 35.0 Å². The van der Waals surface area contributed by atoms with Crippen LogP contribution in [0.5, 0.6) is 5.75 Å². The minimum absolute atomic E-state index is 0.0371. The van der Waals surface area contributed by atoms with Gasteiger partial charge in [0.1, 0.15) is 5.75 Å². The maximum absolute atomic E-state index is 12.2. The van der Waals surface area contributed by atoms with Crippen LogP contribution < -0.4 is 4.74 Å². The van der Waals surface area contributed by atoms with Crippen LogP contribution in [0, 0.1) is 5.41 Å². The van der Waals surface area contributed by atoms with Crippen molar-refractivity contribution < 1.29 is 9.53 Å². The zero-order valence-electron chi connectivity index (χ0n) is 10.4. The summed E-state index contributed by atoms with van der Waals surface area (Å²) < 4.78 is 4.58. The van der Waals surface area contributed by atoms with Gasteiger partial charge in [0.25, 0.3) is 0 Å². The molecule has 0 spiro atoms. The number of rotatable bonds is 3. The van der Waals surface area contributed by atoms with Gasteiger partial charge in [0.05, 0.1) is 5.02 Å². The fourth-order valence-corrected chi connectivity index (χ4v) is 2.39. The number of hydrogen-bond donors (Lipinski definition) is 0. The van der Waals surface area contributed by atoms with E-state index in [-0.39, 0.29) is 5.78 Å². The van der Waals surface area contributed by atoms with E-state index in [2.05, 4.69) is 15.9 Å². The largest absolute Gasteiger partial charge is 0.467 e. The van der Waals surface area contributed by atoms with Crippen LogP contribution in [-0.2, 0) is 4.79 Å². The molecule has 0 saturated carbocycles. The van der Waals surface area contributed by atoms with E-state index in [1.54, 1.807) is 19.1 Å². The lowest BCUT2D eigenvalue weighted by molar-refractivity contribution is -0.134. The van der Waals surface area contributed by atoms with Crippen LogP contribution in [0.2, 0.25) is 5.02 Å². The van der Waals surface area contributed by atoms with Gasteiger partial charge in [0.2, 0.25) is 4.51 Å². The molecule has 0 N–H and O–H groups in total. The molecule has 1 atom stereocenters. The predicted octanol–water partition coefficient (Wildman–Crippen LogP) is 4.45. The first-order valence-corrected chi connectivity index (χ1v) is 6.49. The molecule has 0 aliphatic carbocycles. The van der Waals surface area contributed by atoms with Crippen LogP contribution >= 0.6 is 27.5 Å². The van der Waals surface area contributed by atoms with E-state index in [4.69, 9.17) is 16.3 Å². The van der Waals surface area contributed by atoms with Crippen molar-refractivity contribution in [3.8, 4) is 5.75 Å². The normalized spacial score (nSPS) is 15.2. The molecule has 0 heterocycles. The molecule has 1 aromatic rings. The Morgan fingerprint density at radius 1 is 1.24 bits per heavy atom. The molecule has 0 aliphatic heterocycles. The zero-order valence-corrected chi connectivity index (χ0v) is 12.7. The third-order valence-corrected chi connectivity index (χ3v) is 3.06. The van der Waals surface area contributed by atoms with Gasteiger partial charge in [-0.25, -0.2) is 0 Å². The zero-order chi connectivity index (χ0) is 13.3. The summed E-state index contributed by atoms with van der Waals surface area (Å²) in [6, 6.07) is 7.08. The Kier molecular flexibility index (Phi) is 4.26. The predicted molar refractivity (Wildman–Crippen MR) is 73.9 cm³/mol. The second-order valence-corrected chi connectivity index (χ2v) is 6.95. The summed E-state index contributed by atoms with van der Waals surface area (Å²) in [4.78, 5) is 12.2. The minimum atomic E-state index is -1.07. The summed E-state index contributed by atoms with van der Waals surface area (Å²) in [6.45, 7) is 7.24. The van der Waals surface area contributed by atoms with Crippen LogP contribution in [0.1, 0.15) is 27.7 Å². The van der Waals surface area contributed by atoms with E-state index in [9.17, 15) is 4.79 Å². The third-order valence-electron chi connectivity index (χ3n) is 2.23. The average molecular weight is 320 g/mol. The van der Waals surface area contributed by atoms with Gasteiger partial charge in [0, 0.05) is 5.41 Å². The Morgan fingerprint density at radius 2 is 1.76 bits per heavy atom. The number of ether oxygens (including phenoxy) is 1. The SMILES string of the molecule is CC(C)(C)C(=O)C(C)(Br)Oc1ccccc1Cl. The van der Waals surface area contributed by atoms with Crippen molar-refractivity contribution in [2.24, 2.45) is 5.41 Å². The van der Waals surface area contributed by atoms with Gasteiger partial charge in [-0.2, -0.15) is 0 Å². The summed E-state index contributed by atoms with van der Waals surface area (Å²) in [5, 5.41) is 0.486. The molecule has 94 valence electrons. The van der Waals surface area contributed by atoms with E-state index < -0.39 is 9.93 Å². The van der Waals surface area contributed by atoms with Gasteiger partial charge in [-0.1, -0.05) is 44.5 Å². The standard InChI is InChI=1S/C13H16BrClO2/c1-12(2,3)11(16)13(4,14)17-10-8-6-5-7-9(10)15/h5-8H,1-4H3. The number of para-hydroxylation sites is 1. The first-order chi connectivity index (χ1) is 7.64. The molecule has 0 aromatic heterocycles. The first kappa shape index (κ1) is 14.5. The summed E-state index contributed by atoms with van der Waals surface area (Å²) in [6.07, 6.45) is 0. The first-order valence-electron chi connectivity index (χ1n) is 5.32. The van der Waals surface area contributed by atoms with Gasteiger partial charge < -0.3 is 4.74 Å². The molecule has 0 bridgehead atoms. The second-order valence-electron chi connectivity index (χ2n) is 5.03. The molecule has 4 heteroatoms. The summed E-state index contributed by atoms with van der Waals surface area (Å²) in [5.41, 5.74) is -0.487. The monoisotopic (exact) mass is 318 g/mol. The van der Waals surface area contributed by atoms with Gasteiger partial charge >= 0.3 is 0 Å². The number of hydrogen-bond acceptors (Lipinski definition) is 2. The van der Waals surface area contributed by atoms with Crippen molar-refractivity contribution in [3.05, 3.63) is 29.3 Å². The fraction of sp³-hybridized carbons (Fsp3) is 0.462. The number of halogens is 2. The number of benzene rings is 1. The van der Waals surface area contributed by atoms with Gasteiger partial charge in [-0.15, -0.1) is 0 Å². The lowest BCUT2D eigenvalue weighted by Crippen LogP contribution is -2.42. The molecule has 1 aromatic carbocycles. The van der Waals surface area contributed by atoms with Crippen LogP contribution in [0.25, 0.3) is 0 Å². The van der Waals surface area contributed by atoms with Crippen LogP contribution in [0.15, 0.2) is 24.3 Å². The number of alkyl halides is 1. The van der Waals surface area contributed by atoms with E-state index in [0.29, 0.717) is 10.8 Å². The molecule has 0 amide bonds. The number of ketones is 1. The Labute approximate surface area is 115 Å². The maximum atomic E-state index is 12.2. The van der Waals surface area contributed by atoms with Crippen LogP contribution in [0.4, 0.5) is 0 Å². The Bertz CT molecular complexity index is 422. The quantitative estimate of drug-likeness (QED) is 0.770. The molecular formula is C13H16BrClO2. The molecule has 0 fully saturated rings. The number of Topliss-reactive ketones (excluding diaryl/α,β-unsaturated/α-hetero) is 1. The van der Waals surface area contributed by atoms with E-state index in [1.807, 2.05) is 32.9 Å². The molecule has 2 nitrogen and oxygen atoms in total. The molecule has 0 saturated heterocycles. The molecule has 1 unspecified atom stereocenters. The molecule has 17 heavy (non-hydrogen) atoms. The molecular weight excluding hydrogens is 303 g/mol. The summed E-state index contributed by atoms with van der Waals surface area (Å²) >= 11 is 9.32. The fourth-order valence-electron chi connectivity index (χ4n) is 1.45. The van der Waals surface area contributed by atoms with Crippen molar-refractivity contribution >= 4 is 33.3 Å². The Hall–Kier alpha value is -0.540. The van der Waals surface area contributed by atoms with Crippen molar-refractivity contribution in [2.45, 2.75) is 32.2 Å². The highest BCUT2D eigenvalue weighted by Gasteiger charge is 2.40. The van der Waals surface area contributed by atoms with Gasteiger partial charge in [-0.3, -0.25) is 4.79 Å². The maximum Gasteiger partial charge on any atom is 0.218 e. The molecule has 0 radical (unpaired) electrons. The summed E-state index contributed by atoms with van der Waals surface area (Å²) in [5.74, 6) is 0.455. The lowest BCUT2D eigenvalue weighted by atomic mass is 9.88. The van der Waals surface area contributed by atoms with Crippen molar-refractivity contribution in [1.82, 2.24) is 0 Å². The van der Waals surface area contributed by atoms with E-state index in [1.165, 1.54) is 0 Å². The van der Waals surface area contributed by atoms with Gasteiger partial charge in [0.15, 0.2) is 5.78 Å². The number of carbonyl (C=O) groups is 1. The van der Waals surface area contributed by atoms with E-state index >= 15 is 0 Å². The second kappa shape index (κ2) is 4.99. The van der Waals surface area contributed by atoms with Crippen LogP contribution in [-0.4, -0.2) is 10.3 Å². The van der Waals surface area contributed by atoms with E-state index in [0.717, 1.165) is 0 Å². The third kappa shape index (κ3) is 3.71. The lowest BCUT2D eigenvalue weighted by Gasteiger charge is -2.29. The highest BCUT2D eigenvalue weighted by molar-refractivity contribution is 9.10. The van der Waals surface area contributed by atoms with Crippen molar-refractivity contribution in [2.75, 3.05) is 0 Å². The Balaban J connectivity index is 2.95. The Morgan fingerprint density at radius 3 is 2.24 bits per heavy atom. The van der Waals surface area contributed by atoms with Crippen molar-refractivity contribution in [1.29, 1.82) is 0 Å². The average Bonchev–Trinajstić information content (AvgIpc) is 2.19. The van der Waals surface area contributed by atoms with Crippen molar-refractivity contribution in [3.63, 3.8) is 0 Å². The minimum Gasteiger partial charge on any atom is -0.467 e. The topological polar surface area (TPSA) is 26.3 Å². The van der Waals surface area contributed by atoms with Crippen LogP contribution in [0.3, 0.4) is 0 Å². The molecule has 0 aliphatic rings. The molecule has 1 rings (SSSR count). The summed E-state index contributed by atoms with van der Waals surface area (Å²) in [7, 11) is 0. The smallest absolute Gasteiger partial charge is 0.218 e.